The molecule has 0 aliphatic carbocycles. The summed E-state index contributed by atoms with van der Waals surface area (Å²) in [6, 6.07) is 10.0. The molecule has 5 heteroatoms. The molecule has 0 bridgehead atoms. The molecule has 0 atom stereocenters. The van der Waals surface area contributed by atoms with Crippen molar-refractivity contribution in [3.63, 3.8) is 0 Å². The smallest absolute Gasteiger partial charge is 0.246 e. The van der Waals surface area contributed by atoms with Gasteiger partial charge in [-0.2, -0.15) is 0 Å². The Morgan fingerprint density at radius 2 is 2.04 bits per heavy atom. The van der Waals surface area contributed by atoms with Crippen molar-refractivity contribution in [1.29, 1.82) is 0 Å². The first-order valence-electron chi connectivity index (χ1n) is 7.35. The Labute approximate surface area is 143 Å². The number of hydrogen-bond donors (Lipinski definition) is 0. The van der Waals surface area contributed by atoms with Crippen LogP contribution < -0.4 is 0 Å². The lowest BCUT2D eigenvalue weighted by Crippen LogP contribution is -2.30. The highest BCUT2D eigenvalue weighted by Gasteiger charge is 2.12. The molecule has 3 aromatic rings. The minimum atomic E-state index is 0.0242. The molecule has 0 unspecified atom stereocenters. The molecule has 118 valence electrons. The van der Waals surface area contributed by atoms with Crippen molar-refractivity contribution in [2.24, 2.45) is 0 Å². The zero-order valence-corrected chi connectivity index (χ0v) is 14.2. The van der Waals surface area contributed by atoms with Crippen LogP contribution in [0.25, 0.3) is 6.08 Å². The summed E-state index contributed by atoms with van der Waals surface area (Å²) in [6.45, 7) is 1.26. The maximum absolute atomic E-state index is 12.5. The highest BCUT2D eigenvalue weighted by atomic mass is 32.1. The summed E-state index contributed by atoms with van der Waals surface area (Å²) in [4.78, 5) is 16.8. The number of carbonyl (C=O) groups is 1. The standard InChI is InChI=1S/C18H17NO2S2/c20-18(6-5-16-3-1-11-22-16)19(13-15-8-10-21-14-15)9-7-17-4-2-12-23-17/h1-6,8,10-12,14H,7,9,13H2. The summed E-state index contributed by atoms with van der Waals surface area (Å²) in [6.07, 6.45) is 7.72. The highest BCUT2D eigenvalue weighted by Crippen LogP contribution is 2.14. The summed E-state index contributed by atoms with van der Waals surface area (Å²) in [5, 5.41) is 4.07. The topological polar surface area (TPSA) is 33.5 Å². The maximum atomic E-state index is 12.5. The highest BCUT2D eigenvalue weighted by molar-refractivity contribution is 7.10. The van der Waals surface area contributed by atoms with Crippen molar-refractivity contribution in [3.05, 3.63) is 75.0 Å². The van der Waals surface area contributed by atoms with E-state index in [2.05, 4.69) is 11.4 Å². The predicted molar refractivity (Wildman–Crippen MR) is 95.5 cm³/mol. The van der Waals surface area contributed by atoms with Crippen molar-refractivity contribution in [2.45, 2.75) is 13.0 Å². The molecule has 23 heavy (non-hydrogen) atoms. The van der Waals surface area contributed by atoms with Gasteiger partial charge in [0.05, 0.1) is 12.5 Å². The van der Waals surface area contributed by atoms with E-state index in [1.165, 1.54) is 4.88 Å². The van der Waals surface area contributed by atoms with Gasteiger partial charge in [-0.15, -0.1) is 22.7 Å². The van der Waals surface area contributed by atoms with Gasteiger partial charge in [0.1, 0.15) is 0 Å². The zero-order chi connectivity index (χ0) is 15.9. The Morgan fingerprint density at radius 1 is 1.17 bits per heavy atom. The molecule has 1 amide bonds. The average molecular weight is 343 g/mol. The van der Waals surface area contributed by atoms with E-state index in [4.69, 9.17) is 4.42 Å². The van der Waals surface area contributed by atoms with Crippen molar-refractivity contribution >= 4 is 34.7 Å². The number of carbonyl (C=O) groups excluding carboxylic acids is 1. The van der Waals surface area contributed by atoms with E-state index >= 15 is 0 Å². The zero-order valence-electron chi connectivity index (χ0n) is 12.6. The van der Waals surface area contributed by atoms with Crippen LogP contribution in [0, 0.1) is 0 Å². The summed E-state index contributed by atoms with van der Waals surface area (Å²) in [5.74, 6) is 0.0242. The second-order valence-corrected chi connectivity index (χ2v) is 7.08. The van der Waals surface area contributed by atoms with Crippen LogP contribution >= 0.6 is 22.7 Å². The molecule has 0 aromatic carbocycles. The molecule has 0 spiro atoms. The van der Waals surface area contributed by atoms with E-state index in [-0.39, 0.29) is 5.91 Å². The van der Waals surface area contributed by atoms with Crippen LogP contribution in [0.4, 0.5) is 0 Å². The van der Waals surface area contributed by atoms with Crippen LogP contribution in [0.3, 0.4) is 0 Å². The molecule has 3 heterocycles. The van der Waals surface area contributed by atoms with Gasteiger partial charge in [-0.3, -0.25) is 4.79 Å². The van der Waals surface area contributed by atoms with Crippen LogP contribution in [0.2, 0.25) is 0 Å². The average Bonchev–Trinajstić information content (AvgIpc) is 3.32. The van der Waals surface area contributed by atoms with Gasteiger partial charge in [-0.05, 0) is 41.5 Å². The van der Waals surface area contributed by atoms with Crippen LogP contribution in [-0.2, 0) is 17.8 Å². The molecule has 0 radical (unpaired) electrons. The molecule has 0 N–H and O–H groups in total. The monoisotopic (exact) mass is 343 g/mol. The lowest BCUT2D eigenvalue weighted by Gasteiger charge is -2.20. The van der Waals surface area contributed by atoms with Crippen molar-refractivity contribution < 1.29 is 9.21 Å². The number of furan rings is 1. The first-order valence-corrected chi connectivity index (χ1v) is 9.11. The van der Waals surface area contributed by atoms with E-state index in [9.17, 15) is 4.79 Å². The number of hydrogen-bond acceptors (Lipinski definition) is 4. The second-order valence-electron chi connectivity index (χ2n) is 5.07. The summed E-state index contributed by atoms with van der Waals surface area (Å²) < 4.78 is 5.11. The minimum absolute atomic E-state index is 0.0242. The number of nitrogens with zero attached hydrogens (tertiary/aromatic N) is 1. The van der Waals surface area contributed by atoms with Crippen LogP contribution in [0.5, 0.6) is 0 Å². The number of rotatable bonds is 7. The Bertz CT molecular complexity index is 728. The Balaban J connectivity index is 1.66. The fourth-order valence-electron chi connectivity index (χ4n) is 2.22. The minimum Gasteiger partial charge on any atom is -0.472 e. The largest absolute Gasteiger partial charge is 0.472 e. The fraction of sp³-hybridized carbons (Fsp3) is 0.167. The van der Waals surface area contributed by atoms with E-state index in [1.807, 2.05) is 40.6 Å². The Morgan fingerprint density at radius 3 is 2.74 bits per heavy atom. The van der Waals surface area contributed by atoms with E-state index in [0.29, 0.717) is 13.1 Å². The summed E-state index contributed by atoms with van der Waals surface area (Å²) in [5.41, 5.74) is 1.01. The third-order valence-corrected chi connectivity index (χ3v) is 5.18. The van der Waals surface area contributed by atoms with Crippen molar-refractivity contribution in [3.8, 4) is 0 Å². The van der Waals surface area contributed by atoms with E-state index in [1.54, 1.807) is 41.3 Å². The van der Waals surface area contributed by atoms with Crippen LogP contribution in [0.15, 0.2) is 64.1 Å². The fourth-order valence-corrected chi connectivity index (χ4v) is 3.53. The Hall–Kier alpha value is -2.11. The molecular formula is C18H17NO2S2. The van der Waals surface area contributed by atoms with Crippen molar-refractivity contribution in [1.82, 2.24) is 4.90 Å². The predicted octanol–water partition coefficient (Wildman–Crippen LogP) is 4.69. The van der Waals surface area contributed by atoms with Gasteiger partial charge in [-0.25, -0.2) is 0 Å². The summed E-state index contributed by atoms with van der Waals surface area (Å²) >= 11 is 3.35. The number of thiophene rings is 2. The lowest BCUT2D eigenvalue weighted by molar-refractivity contribution is -0.126. The van der Waals surface area contributed by atoms with Crippen LogP contribution in [0.1, 0.15) is 15.3 Å². The van der Waals surface area contributed by atoms with Gasteiger partial charge in [-0.1, -0.05) is 12.1 Å². The molecular weight excluding hydrogens is 326 g/mol. The first-order chi connectivity index (χ1) is 11.3. The first kappa shape index (κ1) is 15.8. The Kier molecular flexibility index (Phi) is 5.45. The molecule has 3 aromatic heterocycles. The quantitative estimate of drug-likeness (QED) is 0.583. The molecule has 0 saturated heterocycles. The SMILES string of the molecule is O=C(C=Cc1cccs1)N(CCc1cccs1)Cc1ccoc1. The van der Waals surface area contributed by atoms with Gasteiger partial charge < -0.3 is 9.32 Å². The van der Waals surface area contributed by atoms with Crippen LogP contribution in [-0.4, -0.2) is 17.4 Å². The third kappa shape index (κ3) is 4.68. The molecule has 0 aliphatic rings. The second kappa shape index (κ2) is 7.94. The maximum Gasteiger partial charge on any atom is 0.246 e. The van der Waals surface area contributed by atoms with Gasteiger partial charge >= 0.3 is 0 Å². The third-order valence-electron chi connectivity index (χ3n) is 3.41. The van der Waals surface area contributed by atoms with Crippen molar-refractivity contribution in [2.75, 3.05) is 6.54 Å². The van der Waals surface area contributed by atoms with Gasteiger partial charge in [0.25, 0.3) is 0 Å². The molecule has 3 nitrogen and oxygen atoms in total. The molecule has 0 fully saturated rings. The molecule has 3 rings (SSSR count). The van der Waals surface area contributed by atoms with Gasteiger partial charge in [0.15, 0.2) is 0 Å². The summed E-state index contributed by atoms with van der Waals surface area (Å²) in [7, 11) is 0. The lowest BCUT2D eigenvalue weighted by atomic mass is 10.2. The molecule has 0 saturated carbocycles. The number of amides is 1. The molecule has 0 aliphatic heterocycles. The van der Waals surface area contributed by atoms with E-state index in [0.717, 1.165) is 16.9 Å². The van der Waals surface area contributed by atoms with Gasteiger partial charge in [0.2, 0.25) is 5.91 Å². The normalized spacial score (nSPS) is 11.1. The van der Waals surface area contributed by atoms with E-state index < -0.39 is 0 Å². The van der Waals surface area contributed by atoms with Gasteiger partial charge in [0, 0.05) is 34.5 Å².